The minimum absolute atomic E-state index is 0.145. The summed E-state index contributed by atoms with van der Waals surface area (Å²) in [7, 11) is 0. The topological polar surface area (TPSA) is 67.2 Å². The van der Waals surface area contributed by atoms with Crippen LogP contribution >= 0.6 is 0 Å². The summed E-state index contributed by atoms with van der Waals surface area (Å²) in [6, 6.07) is 12.2. The average Bonchev–Trinajstić information content (AvgIpc) is 3.11. The van der Waals surface area contributed by atoms with Gasteiger partial charge in [0.05, 0.1) is 0 Å². The number of rotatable bonds is 1. The fourth-order valence-electron chi connectivity index (χ4n) is 3.37. The van der Waals surface area contributed by atoms with E-state index in [1.807, 2.05) is 11.0 Å². The molecule has 4 rings (SSSR count). The summed E-state index contributed by atoms with van der Waals surface area (Å²) in [5, 5.41) is 7.95. The minimum atomic E-state index is -0.145. The average molecular weight is 364 g/mol. The van der Waals surface area contributed by atoms with E-state index in [-0.39, 0.29) is 11.4 Å². The van der Waals surface area contributed by atoms with Crippen molar-refractivity contribution in [3.05, 3.63) is 48.2 Å². The van der Waals surface area contributed by atoms with Crippen LogP contribution < -0.4 is 4.90 Å². The van der Waals surface area contributed by atoms with E-state index >= 15 is 0 Å². The van der Waals surface area contributed by atoms with Gasteiger partial charge in [-0.1, -0.05) is 38.1 Å². The van der Waals surface area contributed by atoms with Crippen molar-refractivity contribution in [2.75, 3.05) is 31.1 Å². The standard InChI is InChI=1S/C20H24N6O/c1-20(2,3)15-6-8-16(9-7-15)24-11-13-25(14-12-24)19(27)26-17-5-4-10-21-18(17)22-23-26/h4-10H,11-14H2,1-3H3. The molecule has 1 amide bonds. The summed E-state index contributed by atoms with van der Waals surface area (Å²) >= 11 is 0. The van der Waals surface area contributed by atoms with Gasteiger partial charge >= 0.3 is 6.03 Å². The molecule has 3 aromatic rings. The molecule has 1 aliphatic heterocycles. The molecular weight excluding hydrogens is 340 g/mol. The first-order valence-corrected chi connectivity index (χ1v) is 9.25. The molecule has 1 saturated heterocycles. The molecule has 7 nitrogen and oxygen atoms in total. The number of fused-ring (bicyclic) bond motifs is 1. The third-order valence-corrected chi connectivity index (χ3v) is 5.05. The second kappa shape index (κ2) is 6.64. The number of carbonyl (C=O) groups is 1. The zero-order valence-corrected chi connectivity index (χ0v) is 16.0. The smallest absolute Gasteiger partial charge is 0.346 e. The summed E-state index contributed by atoms with van der Waals surface area (Å²) in [4.78, 5) is 21.1. The Morgan fingerprint density at radius 2 is 1.70 bits per heavy atom. The Labute approximate surface area is 158 Å². The van der Waals surface area contributed by atoms with Gasteiger partial charge in [-0.2, -0.15) is 4.68 Å². The maximum Gasteiger partial charge on any atom is 0.346 e. The van der Waals surface area contributed by atoms with Gasteiger partial charge in [0.25, 0.3) is 0 Å². The van der Waals surface area contributed by atoms with Crippen LogP contribution in [0.2, 0.25) is 0 Å². The molecule has 0 atom stereocenters. The first-order valence-electron chi connectivity index (χ1n) is 9.25. The lowest BCUT2D eigenvalue weighted by Gasteiger charge is -2.36. The largest absolute Gasteiger partial charge is 0.368 e. The number of anilines is 1. The van der Waals surface area contributed by atoms with Crippen LogP contribution in [0.3, 0.4) is 0 Å². The van der Waals surface area contributed by atoms with E-state index < -0.39 is 0 Å². The van der Waals surface area contributed by atoms with Crippen molar-refractivity contribution in [2.24, 2.45) is 0 Å². The van der Waals surface area contributed by atoms with Crippen LogP contribution in [0.25, 0.3) is 11.2 Å². The number of hydrogen-bond donors (Lipinski definition) is 0. The van der Waals surface area contributed by atoms with Gasteiger partial charge in [0.15, 0.2) is 0 Å². The van der Waals surface area contributed by atoms with Crippen LogP contribution in [-0.4, -0.2) is 57.1 Å². The molecule has 0 saturated carbocycles. The number of benzene rings is 1. The maximum atomic E-state index is 12.8. The van der Waals surface area contributed by atoms with Gasteiger partial charge in [-0.15, -0.1) is 5.10 Å². The van der Waals surface area contributed by atoms with Crippen molar-refractivity contribution in [1.82, 2.24) is 24.9 Å². The molecule has 140 valence electrons. The Hall–Kier alpha value is -2.96. The molecule has 0 aliphatic carbocycles. The Morgan fingerprint density at radius 3 is 2.37 bits per heavy atom. The third kappa shape index (κ3) is 3.37. The summed E-state index contributed by atoms with van der Waals surface area (Å²) in [6.45, 7) is 9.56. The first kappa shape index (κ1) is 17.5. The van der Waals surface area contributed by atoms with Crippen molar-refractivity contribution < 1.29 is 4.79 Å². The van der Waals surface area contributed by atoms with E-state index in [1.54, 1.807) is 12.3 Å². The number of aromatic nitrogens is 4. The SMILES string of the molecule is CC(C)(C)c1ccc(N2CCN(C(=O)n3nnc4ncccc43)CC2)cc1. The number of amides is 1. The van der Waals surface area contributed by atoms with E-state index in [4.69, 9.17) is 0 Å². The highest BCUT2D eigenvalue weighted by Crippen LogP contribution is 2.25. The molecule has 3 heterocycles. The molecule has 0 N–H and O–H groups in total. The van der Waals surface area contributed by atoms with Crippen molar-refractivity contribution in [2.45, 2.75) is 26.2 Å². The maximum absolute atomic E-state index is 12.8. The summed E-state index contributed by atoms with van der Waals surface area (Å²) < 4.78 is 1.34. The fourth-order valence-corrected chi connectivity index (χ4v) is 3.37. The van der Waals surface area contributed by atoms with Gasteiger partial charge in [-0.3, -0.25) is 0 Å². The molecule has 0 bridgehead atoms. The van der Waals surface area contributed by atoms with Gasteiger partial charge < -0.3 is 9.80 Å². The molecule has 1 aromatic carbocycles. The predicted octanol–water partition coefficient (Wildman–Crippen LogP) is 2.91. The molecule has 1 fully saturated rings. The molecule has 0 unspecified atom stereocenters. The number of hydrogen-bond acceptors (Lipinski definition) is 5. The Kier molecular flexibility index (Phi) is 4.30. The van der Waals surface area contributed by atoms with Gasteiger partial charge in [-0.05, 0) is 35.2 Å². The van der Waals surface area contributed by atoms with E-state index in [0.29, 0.717) is 24.3 Å². The third-order valence-electron chi connectivity index (χ3n) is 5.05. The van der Waals surface area contributed by atoms with Crippen LogP contribution in [0.5, 0.6) is 0 Å². The molecule has 7 heteroatoms. The van der Waals surface area contributed by atoms with Crippen LogP contribution in [0.1, 0.15) is 26.3 Å². The summed E-state index contributed by atoms with van der Waals surface area (Å²) in [5.41, 5.74) is 3.81. The summed E-state index contributed by atoms with van der Waals surface area (Å²) in [6.07, 6.45) is 1.65. The lowest BCUT2D eigenvalue weighted by molar-refractivity contribution is 0.193. The monoisotopic (exact) mass is 364 g/mol. The quantitative estimate of drug-likeness (QED) is 0.664. The molecule has 0 radical (unpaired) electrons. The van der Waals surface area contributed by atoms with E-state index in [1.165, 1.54) is 15.9 Å². The van der Waals surface area contributed by atoms with Crippen LogP contribution in [0.4, 0.5) is 10.5 Å². The van der Waals surface area contributed by atoms with Crippen LogP contribution in [-0.2, 0) is 5.41 Å². The second-order valence-electron chi connectivity index (χ2n) is 7.90. The highest BCUT2D eigenvalue weighted by atomic mass is 16.2. The van der Waals surface area contributed by atoms with Crippen molar-refractivity contribution in [3.8, 4) is 0 Å². The number of pyridine rings is 1. The van der Waals surface area contributed by atoms with E-state index in [0.717, 1.165) is 13.1 Å². The normalized spacial score (nSPS) is 15.4. The Bertz CT molecular complexity index is 949. The summed E-state index contributed by atoms with van der Waals surface area (Å²) in [5.74, 6) is 0. The van der Waals surface area contributed by atoms with Crippen molar-refractivity contribution in [3.63, 3.8) is 0 Å². The molecule has 1 aliphatic rings. The van der Waals surface area contributed by atoms with E-state index in [9.17, 15) is 4.79 Å². The van der Waals surface area contributed by atoms with Gasteiger partial charge in [0.1, 0.15) is 5.52 Å². The van der Waals surface area contributed by atoms with Gasteiger partial charge in [0, 0.05) is 38.1 Å². The molecule has 0 spiro atoms. The first-order chi connectivity index (χ1) is 12.9. The van der Waals surface area contributed by atoms with Crippen LogP contribution in [0, 0.1) is 0 Å². The fraction of sp³-hybridized carbons (Fsp3) is 0.400. The molecule has 2 aromatic heterocycles. The zero-order chi connectivity index (χ0) is 19.0. The van der Waals surface area contributed by atoms with Gasteiger partial charge in [-0.25, -0.2) is 9.78 Å². The highest BCUT2D eigenvalue weighted by Gasteiger charge is 2.25. The van der Waals surface area contributed by atoms with Gasteiger partial charge in [0.2, 0.25) is 5.65 Å². The number of nitrogens with zero attached hydrogens (tertiary/aromatic N) is 6. The zero-order valence-electron chi connectivity index (χ0n) is 16.0. The molecule has 27 heavy (non-hydrogen) atoms. The Morgan fingerprint density at radius 1 is 1.00 bits per heavy atom. The second-order valence-corrected chi connectivity index (χ2v) is 7.90. The highest BCUT2D eigenvalue weighted by molar-refractivity contribution is 5.86. The predicted molar refractivity (Wildman–Crippen MR) is 105 cm³/mol. The van der Waals surface area contributed by atoms with Crippen molar-refractivity contribution in [1.29, 1.82) is 0 Å². The molecular formula is C20H24N6O. The number of piperazine rings is 1. The lowest BCUT2D eigenvalue weighted by atomic mass is 9.87. The lowest BCUT2D eigenvalue weighted by Crippen LogP contribution is -2.50. The Balaban J connectivity index is 1.43. The van der Waals surface area contributed by atoms with E-state index in [2.05, 4.69) is 65.2 Å². The van der Waals surface area contributed by atoms with Crippen LogP contribution in [0.15, 0.2) is 42.6 Å². The minimum Gasteiger partial charge on any atom is -0.368 e. The number of carbonyl (C=O) groups excluding carboxylic acids is 1. The van der Waals surface area contributed by atoms with Crippen molar-refractivity contribution >= 4 is 22.9 Å².